The Morgan fingerprint density at radius 3 is 2.71 bits per heavy atom. The molecule has 1 saturated heterocycles. The first kappa shape index (κ1) is 14.6. The van der Waals surface area contributed by atoms with Gasteiger partial charge in [-0.1, -0.05) is 6.07 Å². The molecule has 2 aliphatic heterocycles. The van der Waals surface area contributed by atoms with Crippen LogP contribution in [0.1, 0.15) is 18.4 Å². The van der Waals surface area contributed by atoms with Crippen molar-refractivity contribution in [1.82, 2.24) is 15.1 Å². The molecule has 1 aromatic heterocycles. The second-order valence-corrected chi connectivity index (χ2v) is 5.52. The van der Waals surface area contributed by atoms with E-state index in [1.54, 1.807) is 4.90 Å². The normalized spacial score (nSPS) is 18.6. The third kappa shape index (κ3) is 2.18. The van der Waals surface area contributed by atoms with Crippen molar-refractivity contribution in [2.75, 3.05) is 6.54 Å². The highest BCUT2D eigenvalue weighted by molar-refractivity contribution is 6.17. The van der Waals surface area contributed by atoms with Crippen molar-refractivity contribution in [2.45, 2.75) is 12.8 Å². The predicted molar refractivity (Wildman–Crippen MR) is 86.4 cm³/mol. The Morgan fingerprint density at radius 1 is 1.17 bits per heavy atom. The number of nitrogens with two attached hydrogens (primary N) is 1. The molecule has 6 nitrogen and oxygen atoms in total. The summed E-state index contributed by atoms with van der Waals surface area (Å²) in [6.07, 6.45) is 4.47. The monoisotopic (exact) mass is 328 g/mol. The van der Waals surface area contributed by atoms with Crippen LogP contribution in [0, 0.1) is 11.6 Å². The predicted octanol–water partition coefficient (Wildman–Crippen LogP) is 2.75. The van der Waals surface area contributed by atoms with Crippen molar-refractivity contribution in [2.24, 2.45) is 15.7 Å². The highest BCUT2D eigenvalue weighted by atomic mass is 19.1. The molecule has 1 aromatic carbocycles. The van der Waals surface area contributed by atoms with Gasteiger partial charge in [0.1, 0.15) is 29.0 Å². The third-order valence-electron chi connectivity index (χ3n) is 4.06. The van der Waals surface area contributed by atoms with Crippen LogP contribution in [0.2, 0.25) is 0 Å². The first-order valence-corrected chi connectivity index (χ1v) is 7.53. The van der Waals surface area contributed by atoms with Gasteiger partial charge >= 0.3 is 0 Å². The lowest BCUT2D eigenvalue weighted by atomic mass is 10.0. The van der Waals surface area contributed by atoms with Gasteiger partial charge in [-0.15, -0.1) is 0 Å². The number of aliphatic imine (C=N–C) groups is 2. The molecule has 3 heterocycles. The number of rotatable bonds is 1. The number of piperidine rings is 1. The second-order valence-electron chi connectivity index (χ2n) is 5.52. The number of benzene rings is 1. The van der Waals surface area contributed by atoms with E-state index in [9.17, 15) is 8.78 Å². The van der Waals surface area contributed by atoms with Gasteiger partial charge in [0.2, 0.25) is 0 Å². The Hall–Kier alpha value is -3.03. The van der Waals surface area contributed by atoms with Crippen LogP contribution in [-0.4, -0.2) is 33.3 Å². The van der Waals surface area contributed by atoms with Crippen molar-refractivity contribution in [3.05, 3.63) is 53.4 Å². The van der Waals surface area contributed by atoms with Gasteiger partial charge in [-0.05, 0) is 25.0 Å². The van der Waals surface area contributed by atoms with Crippen molar-refractivity contribution >= 4 is 23.2 Å². The summed E-state index contributed by atoms with van der Waals surface area (Å²) in [5.74, 6) is -0.215. The Balaban J connectivity index is 1.98. The lowest BCUT2D eigenvalue weighted by molar-refractivity contribution is 0.529. The minimum Gasteiger partial charge on any atom is -0.404 e. The van der Waals surface area contributed by atoms with E-state index >= 15 is 0 Å². The van der Waals surface area contributed by atoms with Crippen molar-refractivity contribution in [3.63, 3.8) is 0 Å². The van der Waals surface area contributed by atoms with E-state index in [1.807, 2.05) is 0 Å². The van der Waals surface area contributed by atoms with Crippen molar-refractivity contribution < 1.29 is 8.78 Å². The number of nitrogens with one attached hydrogen (secondary N) is 1. The number of aromatic nitrogens is 2. The number of H-pyrrole nitrogens is 1. The molecule has 0 bridgehead atoms. The van der Waals surface area contributed by atoms with E-state index in [4.69, 9.17) is 5.73 Å². The largest absolute Gasteiger partial charge is 0.404 e. The topological polar surface area (TPSA) is 82.7 Å². The van der Waals surface area contributed by atoms with E-state index in [1.165, 1.54) is 30.6 Å². The number of amidine groups is 2. The van der Waals surface area contributed by atoms with E-state index in [-0.39, 0.29) is 11.4 Å². The summed E-state index contributed by atoms with van der Waals surface area (Å²) in [6.45, 7) is 0.542. The maximum atomic E-state index is 14.4. The van der Waals surface area contributed by atoms with Gasteiger partial charge in [0.15, 0.2) is 5.82 Å². The number of nitrogens with zero attached hydrogens (tertiary/aromatic N) is 4. The van der Waals surface area contributed by atoms with Crippen LogP contribution in [0.15, 0.2) is 46.2 Å². The molecule has 0 aliphatic carbocycles. The van der Waals surface area contributed by atoms with Crippen molar-refractivity contribution in [3.8, 4) is 0 Å². The fourth-order valence-electron chi connectivity index (χ4n) is 2.93. The minimum absolute atomic E-state index is 0.170. The molecule has 3 N–H and O–H groups in total. The van der Waals surface area contributed by atoms with Crippen LogP contribution in [0.25, 0.3) is 0 Å². The molecular weight excluding hydrogens is 314 g/mol. The lowest BCUT2D eigenvalue weighted by Crippen LogP contribution is -2.42. The summed E-state index contributed by atoms with van der Waals surface area (Å²) in [4.78, 5) is 10.7. The first-order valence-electron chi connectivity index (χ1n) is 7.53. The summed E-state index contributed by atoms with van der Waals surface area (Å²) in [5.41, 5.74) is 6.76. The molecule has 2 aromatic rings. The number of hydrogen-bond donors (Lipinski definition) is 2. The third-order valence-corrected chi connectivity index (χ3v) is 4.06. The van der Waals surface area contributed by atoms with E-state index in [2.05, 4.69) is 20.2 Å². The molecule has 2 aliphatic rings. The fourth-order valence-corrected chi connectivity index (χ4v) is 2.93. The van der Waals surface area contributed by atoms with E-state index < -0.39 is 11.6 Å². The molecule has 0 saturated carbocycles. The van der Waals surface area contributed by atoms with Crippen LogP contribution in [0.4, 0.5) is 20.3 Å². The number of aromatic amines is 1. The van der Waals surface area contributed by atoms with Gasteiger partial charge < -0.3 is 10.6 Å². The molecule has 0 radical (unpaired) electrons. The number of hydrogen-bond acceptors (Lipinski definition) is 5. The molecule has 8 heteroatoms. The summed E-state index contributed by atoms with van der Waals surface area (Å²) < 4.78 is 28.7. The zero-order chi connectivity index (χ0) is 16.7. The second kappa shape index (κ2) is 5.55. The zero-order valence-electron chi connectivity index (χ0n) is 12.6. The summed E-state index contributed by atoms with van der Waals surface area (Å²) >= 11 is 0. The Morgan fingerprint density at radius 2 is 1.96 bits per heavy atom. The Kier molecular flexibility index (Phi) is 3.37. The van der Waals surface area contributed by atoms with Gasteiger partial charge in [-0.2, -0.15) is 5.10 Å². The number of halogens is 2. The SMILES string of the molecule is NC=C1CCCN2C1=Nc1[nH]ncc1N=C2c1c(F)cccc1F. The average Bonchev–Trinajstić information content (AvgIpc) is 2.95. The highest BCUT2D eigenvalue weighted by Gasteiger charge is 2.31. The quantitative estimate of drug-likeness (QED) is 0.844. The Bertz CT molecular complexity index is 875. The standard InChI is InChI=1S/C16H14F2N6/c17-10-4-1-5-11(18)13(10)16-21-12-8-20-23-14(12)22-15-9(7-19)3-2-6-24(15)16/h1,4-5,7-8H,2-3,6,19H2,(H,20,23). The van der Waals surface area contributed by atoms with E-state index in [0.29, 0.717) is 23.9 Å². The molecule has 0 atom stereocenters. The first-order chi connectivity index (χ1) is 11.7. The average molecular weight is 328 g/mol. The van der Waals surface area contributed by atoms with Gasteiger partial charge in [-0.3, -0.25) is 5.10 Å². The molecule has 24 heavy (non-hydrogen) atoms. The van der Waals surface area contributed by atoms with Gasteiger partial charge in [0, 0.05) is 18.3 Å². The zero-order valence-corrected chi connectivity index (χ0v) is 12.6. The maximum absolute atomic E-state index is 14.4. The smallest absolute Gasteiger partial charge is 0.176 e. The van der Waals surface area contributed by atoms with Gasteiger partial charge in [-0.25, -0.2) is 18.8 Å². The molecule has 0 unspecified atom stereocenters. The Labute approximate surface area is 136 Å². The summed E-state index contributed by atoms with van der Waals surface area (Å²) in [7, 11) is 0. The molecule has 4 rings (SSSR count). The summed E-state index contributed by atoms with van der Waals surface area (Å²) in [5, 5.41) is 6.66. The maximum Gasteiger partial charge on any atom is 0.176 e. The van der Waals surface area contributed by atoms with Crippen LogP contribution in [0.3, 0.4) is 0 Å². The van der Waals surface area contributed by atoms with Crippen molar-refractivity contribution in [1.29, 1.82) is 0 Å². The minimum atomic E-state index is -0.677. The summed E-state index contributed by atoms with van der Waals surface area (Å²) in [6, 6.07) is 3.75. The van der Waals surface area contributed by atoms with Crippen LogP contribution in [-0.2, 0) is 0 Å². The lowest BCUT2D eigenvalue weighted by Gasteiger charge is -2.32. The highest BCUT2D eigenvalue weighted by Crippen LogP contribution is 2.33. The number of fused-ring (bicyclic) bond motifs is 2. The van der Waals surface area contributed by atoms with Crippen LogP contribution >= 0.6 is 0 Å². The van der Waals surface area contributed by atoms with Gasteiger partial charge in [0.05, 0.1) is 11.8 Å². The molecule has 1 fully saturated rings. The molecule has 0 spiro atoms. The molecule has 122 valence electrons. The van der Waals surface area contributed by atoms with E-state index in [0.717, 1.165) is 18.4 Å². The van der Waals surface area contributed by atoms with Crippen LogP contribution < -0.4 is 5.73 Å². The van der Waals surface area contributed by atoms with Crippen LogP contribution in [0.5, 0.6) is 0 Å². The molecule has 0 amide bonds. The van der Waals surface area contributed by atoms with Gasteiger partial charge in [0.25, 0.3) is 0 Å². The molecular formula is C16H14F2N6. The fraction of sp³-hybridized carbons (Fsp3) is 0.188.